The van der Waals surface area contributed by atoms with Gasteiger partial charge < -0.3 is 10.1 Å². The van der Waals surface area contributed by atoms with Gasteiger partial charge in [-0.15, -0.1) is 0 Å². The number of nitrogens with zero attached hydrogens (tertiary/aromatic N) is 2. The highest BCUT2D eigenvalue weighted by molar-refractivity contribution is 5.93. The van der Waals surface area contributed by atoms with E-state index >= 15 is 0 Å². The lowest BCUT2D eigenvalue weighted by atomic mass is 10.2. The molecule has 0 aliphatic rings. The summed E-state index contributed by atoms with van der Waals surface area (Å²) >= 11 is 0. The van der Waals surface area contributed by atoms with E-state index in [1.54, 1.807) is 42.7 Å². The van der Waals surface area contributed by atoms with Gasteiger partial charge in [-0.1, -0.05) is 12.1 Å². The molecule has 0 unspecified atom stereocenters. The van der Waals surface area contributed by atoms with E-state index < -0.39 is 25.3 Å². The normalized spacial score (nSPS) is 11.4. The monoisotopic (exact) mass is 299 g/mol. The Morgan fingerprint density at radius 3 is 2.71 bits per heavy atom. The molecule has 5 nitrogen and oxygen atoms in total. The Bertz CT molecular complexity index is 597. The molecule has 1 amide bonds. The van der Waals surface area contributed by atoms with Crippen molar-refractivity contribution in [2.24, 2.45) is 0 Å². The van der Waals surface area contributed by atoms with Gasteiger partial charge in [0.25, 0.3) is 0 Å². The van der Waals surface area contributed by atoms with Gasteiger partial charge >= 0.3 is 6.18 Å². The van der Waals surface area contributed by atoms with Crippen molar-refractivity contribution in [1.82, 2.24) is 9.78 Å². The Morgan fingerprint density at radius 1 is 1.29 bits per heavy atom. The molecule has 0 spiro atoms. The molecule has 112 valence electrons. The van der Waals surface area contributed by atoms with E-state index in [2.05, 4.69) is 15.2 Å². The molecule has 0 saturated heterocycles. The van der Waals surface area contributed by atoms with E-state index in [1.165, 1.54) is 4.68 Å². The lowest BCUT2D eigenvalue weighted by Gasteiger charge is -2.11. The number of carbonyl (C=O) groups excluding carboxylic acids is 1. The van der Waals surface area contributed by atoms with Crippen LogP contribution < -0.4 is 5.32 Å². The van der Waals surface area contributed by atoms with Crippen molar-refractivity contribution in [1.29, 1.82) is 0 Å². The fourth-order valence-corrected chi connectivity index (χ4v) is 1.64. The summed E-state index contributed by atoms with van der Waals surface area (Å²) < 4.78 is 41.6. The molecule has 2 rings (SSSR count). The number of aromatic nitrogens is 2. The van der Waals surface area contributed by atoms with E-state index in [1.807, 2.05) is 0 Å². The van der Waals surface area contributed by atoms with Gasteiger partial charge in [-0.3, -0.25) is 4.79 Å². The standard InChI is InChI=1S/C13H12F3N3O2/c14-13(15,16)9-21-8-12(20)18-10-4-1-2-5-11(10)19-7-3-6-17-19/h1-7H,8-9H2,(H,18,20). The zero-order valence-corrected chi connectivity index (χ0v) is 10.8. The smallest absolute Gasteiger partial charge is 0.362 e. The summed E-state index contributed by atoms with van der Waals surface area (Å²) in [6.45, 7) is -2.13. The van der Waals surface area contributed by atoms with Crippen LogP contribution in [0.3, 0.4) is 0 Å². The summed E-state index contributed by atoms with van der Waals surface area (Å²) in [5.41, 5.74) is 1.04. The maximum Gasteiger partial charge on any atom is 0.411 e. The number of anilines is 1. The summed E-state index contributed by atoms with van der Waals surface area (Å²) in [5, 5.41) is 6.53. The molecule has 1 aromatic carbocycles. The van der Waals surface area contributed by atoms with Crippen molar-refractivity contribution in [3.63, 3.8) is 0 Å². The summed E-state index contributed by atoms with van der Waals surface area (Å²) in [6.07, 6.45) is -1.19. The minimum atomic E-state index is -4.45. The third-order valence-electron chi connectivity index (χ3n) is 2.43. The molecule has 1 aromatic heterocycles. The first kappa shape index (κ1) is 15.0. The maximum atomic E-state index is 11.9. The molecule has 1 N–H and O–H groups in total. The fourth-order valence-electron chi connectivity index (χ4n) is 1.64. The summed E-state index contributed by atoms with van der Waals surface area (Å²) in [4.78, 5) is 11.6. The number of halogens is 3. The summed E-state index contributed by atoms with van der Waals surface area (Å²) in [5.74, 6) is -0.668. The number of alkyl halides is 3. The average Bonchev–Trinajstić information content (AvgIpc) is 2.91. The minimum absolute atomic E-state index is 0.432. The fraction of sp³-hybridized carbons (Fsp3) is 0.231. The quantitative estimate of drug-likeness (QED) is 0.922. The molecule has 0 bridgehead atoms. The Morgan fingerprint density at radius 2 is 2.05 bits per heavy atom. The van der Waals surface area contributed by atoms with Gasteiger partial charge in [-0.25, -0.2) is 4.68 Å². The second kappa shape index (κ2) is 6.40. The molecule has 0 aliphatic heterocycles. The van der Waals surface area contributed by atoms with Crippen molar-refractivity contribution in [2.45, 2.75) is 6.18 Å². The molecule has 0 fully saturated rings. The van der Waals surface area contributed by atoms with Gasteiger partial charge in [0.15, 0.2) is 0 Å². The van der Waals surface area contributed by atoms with Gasteiger partial charge in [-0.2, -0.15) is 18.3 Å². The van der Waals surface area contributed by atoms with Crippen LogP contribution in [0.4, 0.5) is 18.9 Å². The van der Waals surface area contributed by atoms with Crippen molar-refractivity contribution < 1.29 is 22.7 Å². The molecule has 1 heterocycles. The number of ether oxygens (including phenoxy) is 1. The lowest BCUT2D eigenvalue weighted by Crippen LogP contribution is -2.24. The number of para-hydroxylation sites is 2. The summed E-state index contributed by atoms with van der Waals surface area (Å²) in [6, 6.07) is 8.51. The minimum Gasteiger partial charge on any atom is -0.362 e. The molecular formula is C13H12F3N3O2. The molecule has 0 atom stereocenters. The lowest BCUT2D eigenvalue weighted by molar-refractivity contribution is -0.174. The molecule has 8 heteroatoms. The highest BCUT2D eigenvalue weighted by Gasteiger charge is 2.27. The first-order valence-corrected chi connectivity index (χ1v) is 5.99. The zero-order valence-electron chi connectivity index (χ0n) is 10.8. The van der Waals surface area contributed by atoms with Gasteiger partial charge in [0, 0.05) is 12.4 Å². The molecular weight excluding hydrogens is 287 g/mol. The number of benzene rings is 1. The van der Waals surface area contributed by atoms with Crippen LogP contribution in [0.15, 0.2) is 42.7 Å². The van der Waals surface area contributed by atoms with E-state index in [0.717, 1.165) is 0 Å². The first-order chi connectivity index (χ1) is 9.96. The van der Waals surface area contributed by atoms with Gasteiger partial charge in [0.2, 0.25) is 5.91 Å². The number of carbonyl (C=O) groups is 1. The molecule has 0 aliphatic carbocycles. The molecule has 0 saturated carbocycles. The van der Waals surface area contributed by atoms with Gasteiger partial charge in [-0.05, 0) is 18.2 Å². The van der Waals surface area contributed by atoms with Crippen molar-refractivity contribution in [3.05, 3.63) is 42.7 Å². The van der Waals surface area contributed by atoms with Crippen molar-refractivity contribution >= 4 is 11.6 Å². The van der Waals surface area contributed by atoms with Crippen LogP contribution in [0, 0.1) is 0 Å². The number of hydrogen-bond donors (Lipinski definition) is 1. The molecule has 2 aromatic rings. The molecule has 21 heavy (non-hydrogen) atoms. The van der Waals surface area contributed by atoms with Crippen LogP contribution in [0.1, 0.15) is 0 Å². The third kappa shape index (κ3) is 4.60. The van der Waals surface area contributed by atoms with E-state index in [9.17, 15) is 18.0 Å². The van der Waals surface area contributed by atoms with Gasteiger partial charge in [0.05, 0.1) is 11.4 Å². The first-order valence-electron chi connectivity index (χ1n) is 5.99. The average molecular weight is 299 g/mol. The zero-order chi connectivity index (χ0) is 15.3. The maximum absolute atomic E-state index is 11.9. The number of hydrogen-bond acceptors (Lipinski definition) is 3. The predicted octanol–water partition coefficient (Wildman–Crippen LogP) is 2.39. The van der Waals surface area contributed by atoms with E-state index in [-0.39, 0.29) is 0 Å². The van der Waals surface area contributed by atoms with Crippen LogP contribution in [0.2, 0.25) is 0 Å². The Labute approximate surface area is 118 Å². The highest BCUT2D eigenvalue weighted by Crippen LogP contribution is 2.19. The predicted molar refractivity (Wildman–Crippen MR) is 69.1 cm³/mol. The van der Waals surface area contributed by atoms with E-state index in [0.29, 0.717) is 11.4 Å². The largest absolute Gasteiger partial charge is 0.411 e. The van der Waals surface area contributed by atoms with Crippen LogP contribution >= 0.6 is 0 Å². The Balaban J connectivity index is 1.99. The van der Waals surface area contributed by atoms with Crippen LogP contribution in [-0.4, -0.2) is 35.1 Å². The Hall–Kier alpha value is -2.35. The Kier molecular flexibility index (Phi) is 4.59. The third-order valence-corrected chi connectivity index (χ3v) is 2.43. The number of rotatable bonds is 5. The highest BCUT2D eigenvalue weighted by atomic mass is 19.4. The van der Waals surface area contributed by atoms with Crippen molar-refractivity contribution in [2.75, 3.05) is 18.5 Å². The van der Waals surface area contributed by atoms with Crippen LogP contribution in [0.25, 0.3) is 5.69 Å². The summed E-state index contributed by atoms with van der Waals surface area (Å²) in [7, 11) is 0. The van der Waals surface area contributed by atoms with Crippen molar-refractivity contribution in [3.8, 4) is 5.69 Å². The van der Waals surface area contributed by atoms with Crippen LogP contribution in [0.5, 0.6) is 0 Å². The topological polar surface area (TPSA) is 56.1 Å². The van der Waals surface area contributed by atoms with Crippen LogP contribution in [-0.2, 0) is 9.53 Å². The second-order valence-electron chi connectivity index (χ2n) is 4.12. The van der Waals surface area contributed by atoms with Gasteiger partial charge in [0.1, 0.15) is 13.2 Å². The second-order valence-corrected chi connectivity index (χ2v) is 4.12. The SMILES string of the molecule is O=C(COCC(F)(F)F)Nc1ccccc1-n1cccn1. The molecule has 0 radical (unpaired) electrons. The number of nitrogens with one attached hydrogen (secondary N) is 1. The van der Waals surface area contributed by atoms with E-state index in [4.69, 9.17) is 0 Å². The number of amides is 1.